The van der Waals surface area contributed by atoms with E-state index in [0.717, 1.165) is 22.6 Å². The Bertz CT molecular complexity index is 925. The van der Waals surface area contributed by atoms with Gasteiger partial charge in [-0.05, 0) is 54.4 Å². The molecule has 5 heteroatoms. The van der Waals surface area contributed by atoms with Crippen molar-refractivity contribution in [2.75, 3.05) is 24.3 Å². The third-order valence-electron chi connectivity index (χ3n) is 4.41. The van der Waals surface area contributed by atoms with Gasteiger partial charge in [0.15, 0.2) is 0 Å². The summed E-state index contributed by atoms with van der Waals surface area (Å²) in [5.74, 6) is 1.40. The monoisotopic (exact) mass is 390 g/mol. The lowest BCUT2D eigenvalue weighted by Gasteiger charge is -2.12. The molecule has 0 fully saturated rings. The molecule has 0 aliphatic rings. The van der Waals surface area contributed by atoms with Crippen molar-refractivity contribution < 1.29 is 14.3 Å². The second kappa shape index (κ2) is 10.2. The average Bonchev–Trinajstić information content (AvgIpc) is 2.74. The highest BCUT2D eigenvalue weighted by atomic mass is 16.5. The number of nitrogens with one attached hydrogen (secondary N) is 2. The standard InChI is InChI=1S/C24H26N2O3/c1-18-8-13-23(28-2)22(16-18)26-24(27)14-15-25-20-9-11-21(12-10-20)29-17-19-6-4-3-5-7-19/h3-13,16,25H,14-15,17H2,1-2H3,(H,26,27). The minimum atomic E-state index is -0.0655. The molecule has 3 aromatic carbocycles. The molecule has 0 saturated heterocycles. The molecule has 3 aromatic rings. The molecule has 0 aliphatic heterocycles. The summed E-state index contributed by atoms with van der Waals surface area (Å²) >= 11 is 0. The van der Waals surface area contributed by atoms with Crippen LogP contribution in [0.3, 0.4) is 0 Å². The first kappa shape index (κ1) is 20.3. The minimum absolute atomic E-state index is 0.0655. The van der Waals surface area contributed by atoms with Crippen LogP contribution in [0.2, 0.25) is 0 Å². The maximum absolute atomic E-state index is 12.2. The zero-order valence-corrected chi connectivity index (χ0v) is 16.8. The molecule has 0 atom stereocenters. The largest absolute Gasteiger partial charge is 0.495 e. The Balaban J connectivity index is 1.43. The number of benzene rings is 3. The van der Waals surface area contributed by atoms with Gasteiger partial charge < -0.3 is 20.1 Å². The van der Waals surface area contributed by atoms with Crippen molar-refractivity contribution in [2.45, 2.75) is 20.0 Å². The fourth-order valence-electron chi connectivity index (χ4n) is 2.86. The summed E-state index contributed by atoms with van der Waals surface area (Å²) in [5.41, 5.74) is 3.83. The third-order valence-corrected chi connectivity index (χ3v) is 4.41. The van der Waals surface area contributed by atoms with Crippen LogP contribution in [-0.4, -0.2) is 19.6 Å². The second-order valence-electron chi connectivity index (χ2n) is 6.73. The molecule has 0 aromatic heterocycles. The van der Waals surface area contributed by atoms with Crippen molar-refractivity contribution in [1.82, 2.24) is 0 Å². The number of carbonyl (C=O) groups excluding carboxylic acids is 1. The summed E-state index contributed by atoms with van der Waals surface area (Å²) in [6.45, 7) is 3.05. The molecule has 5 nitrogen and oxygen atoms in total. The van der Waals surface area contributed by atoms with Gasteiger partial charge in [-0.3, -0.25) is 4.79 Å². The summed E-state index contributed by atoms with van der Waals surface area (Å²) in [6.07, 6.45) is 0.351. The van der Waals surface area contributed by atoms with Crippen molar-refractivity contribution in [1.29, 1.82) is 0 Å². The molecule has 0 radical (unpaired) electrons. The van der Waals surface area contributed by atoms with Crippen LogP contribution in [0, 0.1) is 6.92 Å². The number of methoxy groups -OCH3 is 1. The number of amides is 1. The van der Waals surface area contributed by atoms with E-state index in [4.69, 9.17) is 9.47 Å². The molecular weight excluding hydrogens is 364 g/mol. The molecule has 0 bridgehead atoms. The molecule has 0 saturated carbocycles. The minimum Gasteiger partial charge on any atom is -0.495 e. The van der Waals surface area contributed by atoms with Crippen LogP contribution in [0.5, 0.6) is 11.5 Å². The Morgan fingerprint density at radius 3 is 2.45 bits per heavy atom. The molecule has 1 amide bonds. The van der Waals surface area contributed by atoms with E-state index in [2.05, 4.69) is 10.6 Å². The van der Waals surface area contributed by atoms with Crippen LogP contribution in [0.15, 0.2) is 72.8 Å². The highest BCUT2D eigenvalue weighted by Crippen LogP contribution is 2.25. The number of carbonyl (C=O) groups is 1. The molecule has 2 N–H and O–H groups in total. The van der Waals surface area contributed by atoms with Crippen molar-refractivity contribution in [3.8, 4) is 11.5 Å². The first-order valence-corrected chi connectivity index (χ1v) is 9.59. The molecule has 3 rings (SSSR count). The molecule has 0 unspecified atom stereocenters. The third kappa shape index (κ3) is 6.28. The van der Waals surface area contributed by atoms with Gasteiger partial charge >= 0.3 is 0 Å². The fourth-order valence-corrected chi connectivity index (χ4v) is 2.86. The maximum Gasteiger partial charge on any atom is 0.226 e. The lowest BCUT2D eigenvalue weighted by atomic mass is 10.2. The topological polar surface area (TPSA) is 59.6 Å². The SMILES string of the molecule is COc1ccc(C)cc1NC(=O)CCNc1ccc(OCc2ccccc2)cc1. The van der Waals surface area contributed by atoms with Crippen molar-refractivity contribution in [2.24, 2.45) is 0 Å². The van der Waals surface area contributed by atoms with Gasteiger partial charge in [-0.25, -0.2) is 0 Å². The van der Waals surface area contributed by atoms with Crippen LogP contribution < -0.4 is 20.1 Å². The molecular formula is C24H26N2O3. The zero-order valence-electron chi connectivity index (χ0n) is 16.8. The van der Waals surface area contributed by atoms with Crippen LogP contribution in [0.1, 0.15) is 17.5 Å². The van der Waals surface area contributed by atoms with Crippen molar-refractivity contribution in [3.05, 3.63) is 83.9 Å². The maximum atomic E-state index is 12.2. The number of anilines is 2. The smallest absolute Gasteiger partial charge is 0.226 e. The number of hydrogen-bond acceptors (Lipinski definition) is 4. The summed E-state index contributed by atoms with van der Waals surface area (Å²) in [5, 5.41) is 6.16. The van der Waals surface area contributed by atoms with E-state index in [1.807, 2.05) is 79.7 Å². The number of ether oxygens (including phenoxy) is 2. The first-order valence-electron chi connectivity index (χ1n) is 9.59. The summed E-state index contributed by atoms with van der Waals surface area (Å²) in [7, 11) is 1.59. The van der Waals surface area contributed by atoms with Gasteiger partial charge in [0.2, 0.25) is 5.91 Å². The van der Waals surface area contributed by atoms with E-state index in [0.29, 0.717) is 31.0 Å². The quantitative estimate of drug-likeness (QED) is 0.538. The van der Waals surface area contributed by atoms with Gasteiger partial charge in [0.05, 0.1) is 12.8 Å². The van der Waals surface area contributed by atoms with E-state index in [1.54, 1.807) is 7.11 Å². The van der Waals surface area contributed by atoms with Crippen LogP contribution in [0.4, 0.5) is 11.4 Å². The van der Waals surface area contributed by atoms with Gasteiger partial charge in [0.1, 0.15) is 18.1 Å². The molecule has 0 aliphatic carbocycles. The first-order chi connectivity index (χ1) is 14.1. The van der Waals surface area contributed by atoms with Gasteiger partial charge in [-0.15, -0.1) is 0 Å². The average molecular weight is 390 g/mol. The van der Waals surface area contributed by atoms with E-state index in [9.17, 15) is 4.79 Å². The Labute approximate surface area is 171 Å². The van der Waals surface area contributed by atoms with Crippen LogP contribution >= 0.6 is 0 Å². The summed E-state index contributed by atoms with van der Waals surface area (Å²) in [6, 6.07) is 23.5. The van der Waals surface area contributed by atoms with E-state index >= 15 is 0 Å². The van der Waals surface area contributed by atoms with E-state index in [1.165, 1.54) is 0 Å². The van der Waals surface area contributed by atoms with E-state index < -0.39 is 0 Å². The molecule has 29 heavy (non-hydrogen) atoms. The zero-order chi connectivity index (χ0) is 20.5. The summed E-state index contributed by atoms with van der Waals surface area (Å²) in [4.78, 5) is 12.2. The fraction of sp³-hybridized carbons (Fsp3) is 0.208. The predicted molar refractivity (Wildman–Crippen MR) is 117 cm³/mol. The normalized spacial score (nSPS) is 10.3. The number of aryl methyl sites for hydroxylation is 1. The van der Waals surface area contributed by atoms with Crippen molar-refractivity contribution in [3.63, 3.8) is 0 Å². The molecule has 0 heterocycles. The molecule has 0 spiro atoms. The van der Waals surface area contributed by atoms with Gasteiger partial charge in [0.25, 0.3) is 0 Å². The Hall–Kier alpha value is -3.47. The van der Waals surface area contributed by atoms with Crippen molar-refractivity contribution >= 4 is 17.3 Å². The number of rotatable bonds is 9. The lowest BCUT2D eigenvalue weighted by Crippen LogP contribution is -2.16. The highest BCUT2D eigenvalue weighted by molar-refractivity contribution is 5.92. The molecule has 150 valence electrons. The Morgan fingerprint density at radius 2 is 1.72 bits per heavy atom. The van der Waals surface area contributed by atoms with Crippen LogP contribution in [0.25, 0.3) is 0 Å². The van der Waals surface area contributed by atoms with Gasteiger partial charge in [-0.2, -0.15) is 0 Å². The lowest BCUT2D eigenvalue weighted by molar-refractivity contribution is -0.116. The number of hydrogen-bond donors (Lipinski definition) is 2. The van der Waals surface area contributed by atoms with Gasteiger partial charge in [-0.1, -0.05) is 36.4 Å². The van der Waals surface area contributed by atoms with E-state index in [-0.39, 0.29) is 5.91 Å². The summed E-state index contributed by atoms with van der Waals surface area (Å²) < 4.78 is 11.1. The Kier molecular flexibility index (Phi) is 7.11. The van der Waals surface area contributed by atoms with Gasteiger partial charge in [0, 0.05) is 18.7 Å². The Morgan fingerprint density at radius 1 is 0.966 bits per heavy atom. The predicted octanol–water partition coefficient (Wildman–Crippen LogP) is 5.02. The highest BCUT2D eigenvalue weighted by Gasteiger charge is 2.08. The second-order valence-corrected chi connectivity index (χ2v) is 6.73. The van der Waals surface area contributed by atoms with Crippen LogP contribution in [-0.2, 0) is 11.4 Å².